The smallest absolute Gasteiger partial charge is 0.122 e. The van der Waals surface area contributed by atoms with Crippen LogP contribution in [-0.4, -0.2) is 19.7 Å². The van der Waals surface area contributed by atoms with Crippen LogP contribution in [0.2, 0.25) is 0 Å². The highest BCUT2D eigenvalue weighted by molar-refractivity contribution is 5.35. The van der Waals surface area contributed by atoms with Crippen molar-refractivity contribution in [1.29, 1.82) is 0 Å². The number of hydrogen-bond acceptors (Lipinski definition) is 2. The van der Waals surface area contributed by atoms with Gasteiger partial charge in [0.1, 0.15) is 12.4 Å². The number of hydrogen-bond donors (Lipinski definition) is 1. The molecule has 0 atom stereocenters. The molecule has 0 aliphatic carbocycles. The summed E-state index contributed by atoms with van der Waals surface area (Å²) in [6.07, 6.45) is 1.19. The zero-order valence-corrected chi connectivity index (χ0v) is 13.1. The molecule has 0 aromatic heterocycles. The zero-order valence-electron chi connectivity index (χ0n) is 13.1. The van der Waals surface area contributed by atoms with Crippen LogP contribution in [0.1, 0.15) is 52.5 Å². The second kappa shape index (κ2) is 7.54. The standard InChI is InChI=1S/C17H29NO/c1-14(2)15-8-6-7-9-16(15)19-13-12-18-11-10-17(3,4)5/h6-9,14,18H,10-13H2,1-5H3. The van der Waals surface area contributed by atoms with Crippen LogP contribution in [0.5, 0.6) is 5.75 Å². The van der Waals surface area contributed by atoms with Gasteiger partial charge >= 0.3 is 0 Å². The second-order valence-electron chi connectivity index (χ2n) is 6.60. The van der Waals surface area contributed by atoms with Crippen molar-refractivity contribution in [2.24, 2.45) is 5.41 Å². The van der Waals surface area contributed by atoms with Crippen LogP contribution in [0.15, 0.2) is 24.3 Å². The highest BCUT2D eigenvalue weighted by Gasteiger charge is 2.09. The molecule has 0 saturated carbocycles. The number of nitrogens with one attached hydrogen (secondary N) is 1. The van der Waals surface area contributed by atoms with E-state index < -0.39 is 0 Å². The van der Waals surface area contributed by atoms with Crippen LogP contribution in [0, 0.1) is 5.41 Å². The summed E-state index contributed by atoms with van der Waals surface area (Å²) < 4.78 is 5.87. The maximum atomic E-state index is 5.87. The first kappa shape index (κ1) is 16.0. The van der Waals surface area contributed by atoms with E-state index in [1.165, 1.54) is 12.0 Å². The molecule has 0 heterocycles. The molecule has 1 rings (SSSR count). The Bertz CT molecular complexity index is 366. The van der Waals surface area contributed by atoms with Crippen LogP contribution in [-0.2, 0) is 0 Å². The molecule has 0 aliphatic rings. The van der Waals surface area contributed by atoms with E-state index >= 15 is 0 Å². The van der Waals surface area contributed by atoms with Gasteiger partial charge in [-0.3, -0.25) is 0 Å². The van der Waals surface area contributed by atoms with Gasteiger partial charge < -0.3 is 10.1 Å². The van der Waals surface area contributed by atoms with Gasteiger partial charge in [-0.05, 0) is 35.9 Å². The van der Waals surface area contributed by atoms with Gasteiger partial charge in [0.2, 0.25) is 0 Å². The Morgan fingerprint density at radius 1 is 1.11 bits per heavy atom. The summed E-state index contributed by atoms with van der Waals surface area (Å²) in [6, 6.07) is 8.32. The van der Waals surface area contributed by atoms with Gasteiger partial charge in [-0.2, -0.15) is 0 Å². The van der Waals surface area contributed by atoms with Gasteiger partial charge in [-0.25, -0.2) is 0 Å². The molecule has 0 radical (unpaired) electrons. The fraction of sp³-hybridized carbons (Fsp3) is 0.647. The van der Waals surface area contributed by atoms with Crippen molar-refractivity contribution in [2.45, 2.75) is 47.0 Å². The normalized spacial score (nSPS) is 11.9. The highest BCUT2D eigenvalue weighted by atomic mass is 16.5. The maximum absolute atomic E-state index is 5.87. The fourth-order valence-corrected chi connectivity index (χ4v) is 1.91. The van der Waals surface area contributed by atoms with E-state index in [0.717, 1.165) is 25.4 Å². The molecular weight excluding hydrogens is 234 g/mol. The van der Waals surface area contributed by atoms with E-state index in [1.807, 2.05) is 6.07 Å². The summed E-state index contributed by atoms with van der Waals surface area (Å²) in [7, 11) is 0. The van der Waals surface area contributed by atoms with Gasteiger partial charge in [0.25, 0.3) is 0 Å². The summed E-state index contributed by atoms with van der Waals surface area (Å²) >= 11 is 0. The highest BCUT2D eigenvalue weighted by Crippen LogP contribution is 2.25. The second-order valence-corrected chi connectivity index (χ2v) is 6.60. The van der Waals surface area contributed by atoms with Crippen molar-refractivity contribution < 1.29 is 4.74 Å². The van der Waals surface area contributed by atoms with Gasteiger partial charge in [0.05, 0.1) is 0 Å². The van der Waals surface area contributed by atoms with E-state index in [-0.39, 0.29) is 0 Å². The van der Waals surface area contributed by atoms with E-state index in [0.29, 0.717) is 11.3 Å². The lowest BCUT2D eigenvalue weighted by atomic mass is 9.92. The van der Waals surface area contributed by atoms with Gasteiger partial charge in [-0.1, -0.05) is 52.8 Å². The van der Waals surface area contributed by atoms with Crippen molar-refractivity contribution >= 4 is 0 Å². The molecule has 0 saturated heterocycles. The van der Waals surface area contributed by atoms with Crippen LogP contribution in [0.4, 0.5) is 0 Å². The Morgan fingerprint density at radius 3 is 2.42 bits per heavy atom. The SMILES string of the molecule is CC(C)c1ccccc1OCCNCCC(C)(C)C. The first-order valence-electron chi connectivity index (χ1n) is 7.32. The summed E-state index contributed by atoms with van der Waals surface area (Å²) in [5.41, 5.74) is 1.69. The number of benzene rings is 1. The Balaban J connectivity index is 2.26. The molecule has 19 heavy (non-hydrogen) atoms. The average molecular weight is 263 g/mol. The largest absolute Gasteiger partial charge is 0.492 e. The Hall–Kier alpha value is -1.02. The van der Waals surface area contributed by atoms with Crippen LogP contribution < -0.4 is 10.1 Å². The van der Waals surface area contributed by atoms with Crippen molar-refractivity contribution in [3.8, 4) is 5.75 Å². The predicted molar refractivity (Wildman–Crippen MR) is 83.0 cm³/mol. The van der Waals surface area contributed by atoms with Crippen molar-refractivity contribution in [3.63, 3.8) is 0 Å². The molecule has 0 bridgehead atoms. The summed E-state index contributed by atoms with van der Waals surface area (Å²) in [5, 5.41) is 3.44. The molecule has 2 nitrogen and oxygen atoms in total. The molecule has 1 N–H and O–H groups in total. The molecule has 1 aromatic rings. The molecule has 0 aliphatic heterocycles. The van der Waals surface area contributed by atoms with Crippen molar-refractivity contribution in [1.82, 2.24) is 5.32 Å². The molecule has 0 unspecified atom stereocenters. The van der Waals surface area contributed by atoms with Gasteiger partial charge in [0, 0.05) is 6.54 Å². The molecule has 0 spiro atoms. The van der Waals surface area contributed by atoms with Crippen LogP contribution in [0.25, 0.3) is 0 Å². The molecule has 1 aromatic carbocycles. The molecule has 0 fully saturated rings. The van der Waals surface area contributed by atoms with E-state index in [2.05, 4.69) is 58.1 Å². The van der Waals surface area contributed by atoms with Crippen LogP contribution >= 0.6 is 0 Å². The quantitative estimate of drug-likeness (QED) is 0.744. The molecule has 0 amide bonds. The fourth-order valence-electron chi connectivity index (χ4n) is 1.91. The molecule has 108 valence electrons. The average Bonchev–Trinajstić information content (AvgIpc) is 2.32. The van der Waals surface area contributed by atoms with E-state index in [9.17, 15) is 0 Å². The lowest BCUT2D eigenvalue weighted by Gasteiger charge is -2.18. The first-order chi connectivity index (χ1) is 8.90. The third-order valence-electron chi connectivity index (χ3n) is 3.13. The monoisotopic (exact) mass is 263 g/mol. The lowest BCUT2D eigenvalue weighted by molar-refractivity contribution is 0.301. The zero-order chi connectivity index (χ0) is 14.3. The Labute approximate surface area is 118 Å². The van der Waals surface area contributed by atoms with E-state index in [1.54, 1.807) is 0 Å². The number of ether oxygens (including phenoxy) is 1. The lowest BCUT2D eigenvalue weighted by Crippen LogP contribution is -2.25. The number of para-hydroxylation sites is 1. The van der Waals surface area contributed by atoms with Crippen molar-refractivity contribution in [2.75, 3.05) is 19.7 Å². The molecule has 2 heteroatoms. The summed E-state index contributed by atoms with van der Waals surface area (Å²) in [6.45, 7) is 13.9. The third kappa shape index (κ3) is 6.63. The van der Waals surface area contributed by atoms with Crippen molar-refractivity contribution in [3.05, 3.63) is 29.8 Å². The Morgan fingerprint density at radius 2 is 1.79 bits per heavy atom. The van der Waals surface area contributed by atoms with Gasteiger partial charge in [-0.15, -0.1) is 0 Å². The Kier molecular flexibility index (Phi) is 6.36. The topological polar surface area (TPSA) is 21.3 Å². The van der Waals surface area contributed by atoms with Crippen LogP contribution in [0.3, 0.4) is 0 Å². The third-order valence-corrected chi connectivity index (χ3v) is 3.13. The van der Waals surface area contributed by atoms with E-state index in [4.69, 9.17) is 4.74 Å². The summed E-state index contributed by atoms with van der Waals surface area (Å²) in [4.78, 5) is 0. The summed E-state index contributed by atoms with van der Waals surface area (Å²) in [5.74, 6) is 1.53. The maximum Gasteiger partial charge on any atom is 0.122 e. The predicted octanol–water partition coefficient (Wildman–Crippen LogP) is 4.21. The molecular formula is C17H29NO. The number of rotatable bonds is 7. The minimum atomic E-state index is 0.401. The van der Waals surface area contributed by atoms with Gasteiger partial charge in [0.15, 0.2) is 0 Å². The minimum absolute atomic E-state index is 0.401. The first-order valence-corrected chi connectivity index (χ1v) is 7.32. The minimum Gasteiger partial charge on any atom is -0.492 e.